The first kappa shape index (κ1) is 16.4. The number of amides is 2. The monoisotopic (exact) mass is 328 g/mol. The normalized spacial score (nSPS) is 17.0. The average Bonchev–Trinajstić information content (AvgIpc) is 3.17. The fourth-order valence-electron chi connectivity index (χ4n) is 2.93. The Labute approximate surface area is 142 Å². The molecule has 2 aromatic heterocycles. The zero-order chi connectivity index (χ0) is 16.9. The van der Waals surface area contributed by atoms with Gasteiger partial charge in [-0.2, -0.15) is 5.10 Å². The number of allylic oxidation sites excluding steroid dienone is 2. The van der Waals surface area contributed by atoms with Gasteiger partial charge in [-0.05, 0) is 44.2 Å². The number of furan rings is 1. The van der Waals surface area contributed by atoms with Gasteiger partial charge in [0.15, 0.2) is 0 Å². The van der Waals surface area contributed by atoms with Crippen molar-refractivity contribution >= 4 is 11.8 Å². The molecule has 0 aliphatic heterocycles. The van der Waals surface area contributed by atoms with E-state index in [1.54, 1.807) is 18.1 Å². The van der Waals surface area contributed by atoms with E-state index in [0.717, 1.165) is 36.7 Å². The summed E-state index contributed by atoms with van der Waals surface area (Å²) in [7, 11) is 1.75. The van der Waals surface area contributed by atoms with Crippen molar-refractivity contribution in [3.63, 3.8) is 0 Å². The molecule has 0 saturated heterocycles. The molecule has 2 amide bonds. The highest BCUT2D eigenvalue weighted by molar-refractivity contribution is 5.88. The zero-order valence-electron chi connectivity index (χ0n) is 14.2. The largest absolute Gasteiger partial charge is 0.464 e. The molecular weight excluding hydrogens is 304 g/mol. The van der Waals surface area contributed by atoms with Gasteiger partial charge in [0, 0.05) is 19.7 Å². The Morgan fingerprint density at radius 3 is 3.00 bits per heavy atom. The molecule has 6 heteroatoms. The van der Waals surface area contributed by atoms with E-state index in [9.17, 15) is 4.79 Å². The quantitative estimate of drug-likeness (QED) is 0.849. The molecule has 24 heavy (non-hydrogen) atoms. The molecule has 3 rings (SSSR count). The first-order valence-electron chi connectivity index (χ1n) is 8.36. The molecule has 0 fully saturated rings. The lowest BCUT2D eigenvalue weighted by Crippen LogP contribution is -2.31. The number of rotatable bonds is 5. The van der Waals surface area contributed by atoms with Gasteiger partial charge >= 0.3 is 6.03 Å². The molecule has 1 N–H and O–H groups in total. The SMILES string of the molecule is Cc1ccc(CN(C)C(=O)Nc2ccnn2C[C@H]2CC=CCC2)o1. The molecule has 0 saturated carbocycles. The maximum Gasteiger partial charge on any atom is 0.323 e. The molecule has 0 unspecified atom stereocenters. The van der Waals surface area contributed by atoms with E-state index in [0.29, 0.717) is 12.5 Å². The Morgan fingerprint density at radius 2 is 2.29 bits per heavy atom. The van der Waals surface area contributed by atoms with Gasteiger partial charge in [-0.1, -0.05) is 12.2 Å². The standard InChI is InChI=1S/C18H24N4O2/c1-14-8-9-16(24-14)13-21(2)18(23)20-17-10-11-19-22(17)12-15-6-4-3-5-7-15/h3-4,8-11,15H,5-7,12-13H2,1-2H3,(H,20,23)/t15-/m0/s1. The molecule has 1 atom stereocenters. The number of carbonyl (C=O) groups excluding carboxylic acids is 1. The molecule has 128 valence electrons. The molecule has 0 spiro atoms. The molecule has 2 heterocycles. The van der Waals surface area contributed by atoms with E-state index in [2.05, 4.69) is 22.6 Å². The van der Waals surface area contributed by atoms with Gasteiger partial charge in [0.2, 0.25) is 0 Å². The van der Waals surface area contributed by atoms with Crippen LogP contribution in [0.2, 0.25) is 0 Å². The Balaban J connectivity index is 1.58. The van der Waals surface area contributed by atoms with Crippen molar-refractivity contribution in [2.75, 3.05) is 12.4 Å². The zero-order valence-corrected chi connectivity index (χ0v) is 14.2. The smallest absolute Gasteiger partial charge is 0.323 e. The third-order valence-electron chi connectivity index (χ3n) is 4.30. The van der Waals surface area contributed by atoms with Crippen LogP contribution in [-0.4, -0.2) is 27.8 Å². The lowest BCUT2D eigenvalue weighted by Gasteiger charge is -2.20. The number of aryl methyl sites for hydroxylation is 1. The van der Waals surface area contributed by atoms with E-state index < -0.39 is 0 Å². The summed E-state index contributed by atoms with van der Waals surface area (Å²) in [5.74, 6) is 2.93. The van der Waals surface area contributed by atoms with Crippen LogP contribution in [0.3, 0.4) is 0 Å². The molecule has 0 aromatic carbocycles. The summed E-state index contributed by atoms with van der Waals surface area (Å²) < 4.78 is 7.40. The Kier molecular flexibility index (Phi) is 5.03. The Bertz CT molecular complexity index is 716. The van der Waals surface area contributed by atoms with Gasteiger partial charge in [-0.3, -0.25) is 5.32 Å². The van der Waals surface area contributed by atoms with Crippen LogP contribution in [0.25, 0.3) is 0 Å². The van der Waals surface area contributed by atoms with E-state index in [1.165, 1.54) is 6.42 Å². The summed E-state index contributed by atoms with van der Waals surface area (Å²) in [4.78, 5) is 14.0. The van der Waals surface area contributed by atoms with E-state index in [4.69, 9.17) is 4.42 Å². The number of nitrogens with one attached hydrogen (secondary N) is 1. The van der Waals surface area contributed by atoms with Crippen LogP contribution in [0.4, 0.5) is 10.6 Å². The molecular formula is C18H24N4O2. The van der Waals surface area contributed by atoms with Gasteiger partial charge in [0.1, 0.15) is 17.3 Å². The predicted octanol–water partition coefficient (Wildman–Crippen LogP) is 3.80. The van der Waals surface area contributed by atoms with Gasteiger partial charge in [-0.25, -0.2) is 9.48 Å². The topological polar surface area (TPSA) is 63.3 Å². The van der Waals surface area contributed by atoms with Crippen molar-refractivity contribution in [1.82, 2.24) is 14.7 Å². The highest BCUT2D eigenvalue weighted by Crippen LogP contribution is 2.21. The fourth-order valence-corrected chi connectivity index (χ4v) is 2.93. The first-order chi connectivity index (χ1) is 11.6. The molecule has 1 aliphatic rings. The van der Waals surface area contributed by atoms with Crippen molar-refractivity contribution < 1.29 is 9.21 Å². The maximum absolute atomic E-state index is 12.4. The van der Waals surface area contributed by atoms with Crippen molar-refractivity contribution in [1.29, 1.82) is 0 Å². The van der Waals surface area contributed by atoms with E-state index >= 15 is 0 Å². The summed E-state index contributed by atoms with van der Waals surface area (Å²) in [6.07, 6.45) is 9.55. The summed E-state index contributed by atoms with van der Waals surface area (Å²) in [6.45, 7) is 3.15. The van der Waals surface area contributed by atoms with Crippen molar-refractivity contribution in [2.24, 2.45) is 5.92 Å². The van der Waals surface area contributed by atoms with Crippen LogP contribution >= 0.6 is 0 Å². The van der Waals surface area contributed by atoms with Crippen molar-refractivity contribution in [3.05, 3.63) is 48.1 Å². The van der Waals surface area contributed by atoms with Gasteiger partial charge < -0.3 is 9.32 Å². The highest BCUT2D eigenvalue weighted by atomic mass is 16.3. The molecule has 0 bridgehead atoms. The summed E-state index contributed by atoms with van der Waals surface area (Å²) >= 11 is 0. The molecule has 1 aliphatic carbocycles. The Morgan fingerprint density at radius 1 is 1.42 bits per heavy atom. The lowest BCUT2D eigenvalue weighted by atomic mass is 9.94. The first-order valence-corrected chi connectivity index (χ1v) is 8.36. The van der Waals surface area contributed by atoms with Crippen LogP contribution < -0.4 is 5.32 Å². The van der Waals surface area contributed by atoms with Crippen LogP contribution in [0.5, 0.6) is 0 Å². The fraction of sp³-hybridized carbons (Fsp3) is 0.444. The van der Waals surface area contributed by atoms with Gasteiger partial charge in [0.25, 0.3) is 0 Å². The third kappa shape index (κ3) is 4.07. The number of urea groups is 1. The minimum Gasteiger partial charge on any atom is -0.464 e. The molecule has 2 aromatic rings. The second kappa shape index (κ2) is 7.38. The third-order valence-corrected chi connectivity index (χ3v) is 4.30. The number of hydrogen-bond acceptors (Lipinski definition) is 3. The number of nitrogens with zero attached hydrogens (tertiary/aromatic N) is 3. The van der Waals surface area contributed by atoms with E-state index in [1.807, 2.05) is 29.8 Å². The number of hydrogen-bond donors (Lipinski definition) is 1. The maximum atomic E-state index is 12.4. The second-order valence-electron chi connectivity index (χ2n) is 6.35. The number of aromatic nitrogens is 2. The molecule has 0 radical (unpaired) electrons. The summed E-state index contributed by atoms with van der Waals surface area (Å²) in [5, 5.41) is 7.29. The van der Waals surface area contributed by atoms with Crippen molar-refractivity contribution in [2.45, 2.75) is 39.3 Å². The van der Waals surface area contributed by atoms with Crippen LogP contribution in [0.1, 0.15) is 30.8 Å². The lowest BCUT2D eigenvalue weighted by molar-refractivity contribution is 0.216. The van der Waals surface area contributed by atoms with E-state index in [-0.39, 0.29) is 6.03 Å². The average molecular weight is 328 g/mol. The van der Waals surface area contributed by atoms with Crippen LogP contribution in [0.15, 0.2) is 41.0 Å². The minimum atomic E-state index is -0.172. The molecule has 6 nitrogen and oxygen atoms in total. The van der Waals surface area contributed by atoms with Crippen molar-refractivity contribution in [3.8, 4) is 0 Å². The number of anilines is 1. The van der Waals surface area contributed by atoms with Gasteiger partial charge in [0.05, 0.1) is 12.7 Å². The minimum absolute atomic E-state index is 0.172. The number of carbonyl (C=O) groups is 1. The second-order valence-corrected chi connectivity index (χ2v) is 6.35. The van der Waals surface area contributed by atoms with Gasteiger partial charge in [-0.15, -0.1) is 0 Å². The highest BCUT2D eigenvalue weighted by Gasteiger charge is 2.16. The summed E-state index contributed by atoms with van der Waals surface area (Å²) in [6, 6.07) is 5.45. The predicted molar refractivity (Wildman–Crippen MR) is 92.6 cm³/mol. The Hall–Kier alpha value is -2.50. The summed E-state index contributed by atoms with van der Waals surface area (Å²) in [5.41, 5.74) is 0. The van der Waals surface area contributed by atoms with Crippen LogP contribution in [-0.2, 0) is 13.1 Å². The van der Waals surface area contributed by atoms with Crippen LogP contribution in [0, 0.1) is 12.8 Å².